The van der Waals surface area contributed by atoms with Crippen LogP contribution in [0.15, 0.2) is 22.2 Å². The van der Waals surface area contributed by atoms with Gasteiger partial charge in [0.15, 0.2) is 11.6 Å². The van der Waals surface area contributed by atoms with Crippen LogP contribution in [0.5, 0.6) is 5.75 Å². The standard InChI is InChI=1S/C15H14F4N2O2/c1-6-7(2)15(3,5-21-13(6)20)14(22)23-12-10(18)8(16)4-9(17)11(12)19/h4-5,13H,20H2,1-3H3. The van der Waals surface area contributed by atoms with E-state index in [2.05, 4.69) is 9.73 Å². The molecule has 124 valence electrons. The molecule has 0 bridgehead atoms. The van der Waals surface area contributed by atoms with Gasteiger partial charge in [-0.2, -0.15) is 8.78 Å². The van der Waals surface area contributed by atoms with Crippen molar-refractivity contribution in [3.05, 3.63) is 40.5 Å². The van der Waals surface area contributed by atoms with Crippen molar-refractivity contribution in [2.24, 2.45) is 16.1 Å². The third-order valence-electron chi connectivity index (χ3n) is 4.00. The number of nitrogens with two attached hydrogens (primary N) is 1. The molecule has 2 rings (SSSR count). The van der Waals surface area contributed by atoms with E-state index in [1.807, 2.05) is 0 Å². The Bertz CT molecular complexity index is 719. The number of rotatable bonds is 2. The van der Waals surface area contributed by atoms with Crippen molar-refractivity contribution in [2.75, 3.05) is 0 Å². The van der Waals surface area contributed by atoms with Gasteiger partial charge < -0.3 is 10.5 Å². The lowest BCUT2D eigenvalue weighted by Crippen LogP contribution is -2.40. The van der Waals surface area contributed by atoms with E-state index in [0.717, 1.165) is 0 Å². The summed E-state index contributed by atoms with van der Waals surface area (Å²) in [5.74, 6) is -9.47. The van der Waals surface area contributed by atoms with Crippen molar-refractivity contribution in [3.8, 4) is 5.75 Å². The van der Waals surface area contributed by atoms with Crippen molar-refractivity contribution >= 4 is 12.2 Å². The molecule has 0 aliphatic carbocycles. The fourth-order valence-electron chi connectivity index (χ4n) is 2.11. The number of dihydropyridines is 1. The Morgan fingerprint density at radius 3 is 2.26 bits per heavy atom. The van der Waals surface area contributed by atoms with Crippen LogP contribution in [0.2, 0.25) is 0 Å². The maximum atomic E-state index is 13.6. The van der Waals surface area contributed by atoms with Gasteiger partial charge in [-0.1, -0.05) is 0 Å². The molecule has 0 amide bonds. The summed E-state index contributed by atoms with van der Waals surface area (Å²) in [5.41, 5.74) is 5.30. The molecule has 23 heavy (non-hydrogen) atoms. The summed E-state index contributed by atoms with van der Waals surface area (Å²) in [6.07, 6.45) is 0.546. The number of aliphatic imine (C=N–C) groups is 1. The maximum absolute atomic E-state index is 13.6. The summed E-state index contributed by atoms with van der Waals surface area (Å²) in [6.45, 7) is 4.63. The SMILES string of the molecule is CC1=C(C)C(C)(C(=O)Oc2c(F)c(F)cc(F)c2F)C=NC1N. The average molecular weight is 330 g/mol. The van der Waals surface area contributed by atoms with Crippen LogP contribution in [0.1, 0.15) is 20.8 Å². The topological polar surface area (TPSA) is 64.7 Å². The Hall–Kier alpha value is -2.22. The quantitative estimate of drug-likeness (QED) is 0.298. The summed E-state index contributed by atoms with van der Waals surface area (Å²) in [4.78, 5) is 16.2. The van der Waals surface area contributed by atoms with E-state index < -0.39 is 46.6 Å². The van der Waals surface area contributed by atoms with Crippen molar-refractivity contribution in [3.63, 3.8) is 0 Å². The monoisotopic (exact) mass is 330 g/mol. The summed E-state index contributed by atoms with van der Waals surface area (Å²) in [7, 11) is 0. The zero-order chi connectivity index (χ0) is 17.5. The van der Waals surface area contributed by atoms with Gasteiger partial charge in [-0.25, -0.2) is 8.78 Å². The lowest BCUT2D eigenvalue weighted by molar-refractivity contribution is -0.140. The average Bonchev–Trinajstić information content (AvgIpc) is 2.51. The second-order valence-electron chi connectivity index (χ2n) is 5.42. The molecule has 4 nitrogen and oxygen atoms in total. The summed E-state index contributed by atoms with van der Waals surface area (Å²) < 4.78 is 58.2. The highest BCUT2D eigenvalue weighted by Crippen LogP contribution is 2.35. The van der Waals surface area contributed by atoms with Gasteiger partial charge in [-0.3, -0.25) is 9.79 Å². The number of halogens is 4. The lowest BCUT2D eigenvalue weighted by atomic mass is 9.79. The third-order valence-corrected chi connectivity index (χ3v) is 4.00. The van der Waals surface area contributed by atoms with E-state index in [-0.39, 0.29) is 6.07 Å². The number of esters is 1. The number of carbonyl (C=O) groups is 1. The smallest absolute Gasteiger partial charge is 0.327 e. The van der Waals surface area contributed by atoms with Crippen molar-refractivity contribution < 1.29 is 27.1 Å². The van der Waals surface area contributed by atoms with Crippen LogP contribution in [0.4, 0.5) is 17.6 Å². The third kappa shape index (κ3) is 2.74. The molecule has 8 heteroatoms. The summed E-state index contributed by atoms with van der Waals surface area (Å²) in [6, 6.07) is 0.0279. The number of carbonyl (C=O) groups excluding carboxylic acids is 1. The molecule has 0 aromatic heterocycles. The predicted octanol–water partition coefficient (Wildman–Crippen LogP) is 2.86. The maximum Gasteiger partial charge on any atom is 0.327 e. The highest BCUT2D eigenvalue weighted by Gasteiger charge is 2.40. The normalized spacial score (nSPS) is 24.1. The molecule has 0 saturated carbocycles. The van der Waals surface area contributed by atoms with Gasteiger partial charge in [0.2, 0.25) is 17.4 Å². The molecule has 1 aromatic carbocycles. The van der Waals surface area contributed by atoms with Crippen molar-refractivity contribution in [2.45, 2.75) is 26.9 Å². The van der Waals surface area contributed by atoms with Crippen LogP contribution >= 0.6 is 0 Å². The van der Waals surface area contributed by atoms with Crippen LogP contribution in [-0.4, -0.2) is 18.3 Å². The molecule has 2 atom stereocenters. The van der Waals surface area contributed by atoms with Crippen LogP contribution < -0.4 is 10.5 Å². The summed E-state index contributed by atoms with van der Waals surface area (Å²) >= 11 is 0. The van der Waals surface area contributed by atoms with E-state index in [0.29, 0.717) is 11.1 Å². The minimum Gasteiger partial charge on any atom is -0.419 e. The molecule has 0 saturated heterocycles. The lowest BCUT2D eigenvalue weighted by Gasteiger charge is -2.30. The molecular weight excluding hydrogens is 316 g/mol. The zero-order valence-corrected chi connectivity index (χ0v) is 12.6. The fourth-order valence-corrected chi connectivity index (χ4v) is 2.11. The van der Waals surface area contributed by atoms with Crippen LogP contribution in [0.3, 0.4) is 0 Å². The van der Waals surface area contributed by atoms with Gasteiger partial charge in [0.05, 0.1) is 0 Å². The van der Waals surface area contributed by atoms with E-state index in [1.165, 1.54) is 13.1 Å². The number of hydrogen-bond donors (Lipinski definition) is 1. The Balaban J connectivity index is 2.43. The molecule has 1 aliphatic rings. The molecular formula is C15H14F4N2O2. The molecule has 1 aromatic rings. The molecule has 1 heterocycles. The first-order chi connectivity index (χ1) is 10.6. The van der Waals surface area contributed by atoms with Gasteiger partial charge in [0.25, 0.3) is 0 Å². The van der Waals surface area contributed by atoms with Gasteiger partial charge in [0, 0.05) is 12.3 Å². The van der Waals surface area contributed by atoms with Crippen LogP contribution in [-0.2, 0) is 4.79 Å². The number of nitrogens with zero attached hydrogens (tertiary/aromatic N) is 1. The number of ether oxygens (including phenoxy) is 1. The van der Waals surface area contributed by atoms with E-state index in [4.69, 9.17) is 5.73 Å². The molecule has 2 N–H and O–H groups in total. The Morgan fingerprint density at radius 2 is 1.74 bits per heavy atom. The molecule has 0 radical (unpaired) electrons. The van der Waals surface area contributed by atoms with E-state index in [1.54, 1.807) is 13.8 Å². The highest BCUT2D eigenvalue weighted by molar-refractivity contribution is 6.00. The second kappa shape index (κ2) is 5.77. The van der Waals surface area contributed by atoms with E-state index in [9.17, 15) is 22.4 Å². The van der Waals surface area contributed by atoms with Gasteiger partial charge in [0.1, 0.15) is 11.6 Å². The number of hydrogen-bond acceptors (Lipinski definition) is 4. The van der Waals surface area contributed by atoms with Crippen LogP contribution in [0, 0.1) is 28.7 Å². The van der Waals surface area contributed by atoms with Crippen molar-refractivity contribution in [1.82, 2.24) is 0 Å². The summed E-state index contributed by atoms with van der Waals surface area (Å²) in [5, 5.41) is 0. The first-order valence-electron chi connectivity index (χ1n) is 6.62. The predicted molar refractivity (Wildman–Crippen MR) is 74.9 cm³/mol. The molecule has 1 aliphatic heterocycles. The first kappa shape index (κ1) is 17.1. The Morgan fingerprint density at radius 1 is 1.22 bits per heavy atom. The minimum atomic E-state index is -1.79. The molecule has 0 fully saturated rings. The zero-order valence-electron chi connectivity index (χ0n) is 12.6. The Labute approximate surface area is 129 Å². The fraction of sp³-hybridized carbons (Fsp3) is 0.333. The minimum absolute atomic E-state index is 0.0279. The van der Waals surface area contributed by atoms with Crippen molar-refractivity contribution in [1.29, 1.82) is 0 Å². The van der Waals surface area contributed by atoms with Gasteiger partial charge in [-0.15, -0.1) is 0 Å². The highest BCUT2D eigenvalue weighted by atomic mass is 19.2. The Kier molecular flexibility index (Phi) is 4.30. The molecule has 0 spiro atoms. The largest absolute Gasteiger partial charge is 0.419 e. The van der Waals surface area contributed by atoms with Crippen LogP contribution in [0.25, 0.3) is 0 Å². The van der Waals surface area contributed by atoms with E-state index >= 15 is 0 Å². The number of benzene rings is 1. The van der Waals surface area contributed by atoms with Gasteiger partial charge in [-0.05, 0) is 31.9 Å². The van der Waals surface area contributed by atoms with Gasteiger partial charge >= 0.3 is 5.97 Å². The first-order valence-corrected chi connectivity index (χ1v) is 6.62. The second-order valence-corrected chi connectivity index (χ2v) is 5.42. The molecule has 2 unspecified atom stereocenters.